The van der Waals surface area contributed by atoms with Gasteiger partial charge in [0.15, 0.2) is 5.82 Å². The van der Waals surface area contributed by atoms with Crippen LogP contribution in [0.1, 0.15) is 32.6 Å². The zero-order chi connectivity index (χ0) is 29.1. The number of hydrogen-bond donors (Lipinski definition) is 1. The number of aromatic nitrogens is 6. The minimum atomic E-state index is -4.13. The molecular weight excluding hydrogens is 546 g/mol. The lowest BCUT2D eigenvalue weighted by atomic mass is 10.2. The largest absolute Gasteiger partial charge is 0.494 e. The number of pyridine rings is 2. The average Bonchev–Trinajstić information content (AvgIpc) is 3.59. The van der Waals surface area contributed by atoms with Crippen LogP contribution in [0.3, 0.4) is 0 Å². The Hall–Kier alpha value is -4.49. The predicted octanol–water partition coefficient (Wildman–Crippen LogP) is 4.29. The lowest BCUT2D eigenvalue weighted by Gasteiger charge is -2.25. The highest BCUT2D eigenvalue weighted by Gasteiger charge is 2.36. The van der Waals surface area contributed by atoms with Crippen LogP contribution in [0.15, 0.2) is 73.3 Å². The Labute approximate surface area is 238 Å². The van der Waals surface area contributed by atoms with E-state index in [4.69, 9.17) is 14.2 Å². The molecule has 5 rings (SSSR count). The van der Waals surface area contributed by atoms with E-state index in [2.05, 4.69) is 24.9 Å². The van der Waals surface area contributed by atoms with Gasteiger partial charge in [0.1, 0.15) is 34.2 Å². The summed E-state index contributed by atoms with van der Waals surface area (Å²) >= 11 is 0. The molecule has 0 spiro atoms. The quantitative estimate of drug-likeness (QED) is 0.244. The summed E-state index contributed by atoms with van der Waals surface area (Å²) in [4.78, 5) is 8.82. The van der Waals surface area contributed by atoms with Gasteiger partial charge in [-0.2, -0.15) is 0 Å². The molecule has 0 amide bonds. The number of hydrogen-bond acceptors (Lipinski definition) is 9. The summed E-state index contributed by atoms with van der Waals surface area (Å²) < 4.78 is 51.3. The highest BCUT2D eigenvalue weighted by molar-refractivity contribution is 7.93. The van der Waals surface area contributed by atoms with Crippen molar-refractivity contribution in [2.75, 3.05) is 18.9 Å². The van der Waals surface area contributed by atoms with Gasteiger partial charge in [0.25, 0.3) is 0 Å². The number of benzene rings is 1. The summed E-state index contributed by atoms with van der Waals surface area (Å²) in [7, 11) is -1.10. The second-order valence-electron chi connectivity index (χ2n) is 9.52. The molecule has 4 aromatic heterocycles. The normalized spacial score (nSPS) is 13.3. The molecule has 12 nitrogen and oxygen atoms in total. The van der Waals surface area contributed by atoms with E-state index in [0.717, 1.165) is 0 Å². The molecule has 2 atom stereocenters. The molecule has 0 bridgehead atoms. The summed E-state index contributed by atoms with van der Waals surface area (Å²) in [5.41, 5.74) is 2.20. The fourth-order valence-electron chi connectivity index (χ4n) is 4.48. The average molecular weight is 578 g/mol. The summed E-state index contributed by atoms with van der Waals surface area (Å²) in [5.74, 6) is 1.13. The van der Waals surface area contributed by atoms with Gasteiger partial charge in [-0.1, -0.05) is 12.1 Å². The van der Waals surface area contributed by atoms with Gasteiger partial charge in [0.05, 0.1) is 26.0 Å². The Balaban J connectivity index is 1.60. The van der Waals surface area contributed by atoms with Crippen LogP contribution in [-0.4, -0.2) is 63.1 Å². The maximum absolute atomic E-state index is 14.0. The minimum Gasteiger partial charge on any atom is -0.494 e. The summed E-state index contributed by atoms with van der Waals surface area (Å²) in [5, 5.41) is 7.50. The van der Waals surface area contributed by atoms with Crippen LogP contribution in [-0.2, 0) is 14.8 Å². The van der Waals surface area contributed by atoms with Crippen molar-refractivity contribution >= 4 is 21.6 Å². The number of methoxy groups -OCH3 is 2. The van der Waals surface area contributed by atoms with Gasteiger partial charge >= 0.3 is 0 Å². The molecule has 41 heavy (non-hydrogen) atoms. The molecule has 0 radical (unpaired) electrons. The van der Waals surface area contributed by atoms with Crippen molar-refractivity contribution in [1.82, 2.24) is 29.1 Å². The second-order valence-corrected chi connectivity index (χ2v) is 11.6. The van der Waals surface area contributed by atoms with Crippen molar-refractivity contribution in [1.29, 1.82) is 0 Å². The van der Waals surface area contributed by atoms with Crippen molar-refractivity contribution in [3.05, 3.63) is 79.0 Å². The lowest BCUT2D eigenvalue weighted by Crippen LogP contribution is -2.34. The van der Waals surface area contributed by atoms with Gasteiger partial charge in [-0.05, 0) is 57.2 Å². The number of anilines is 1. The number of para-hydroxylation sites is 1. The third-order valence-electron chi connectivity index (χ3n) is 6.45. The zero-order valence-electron chi connectivity index (χ0n) is 23.3. The molecule has 5 aromatic rings. The van der Waals surface area contributed by atoms with Gasteiger partial charge in [0.2, 0.25) is 16.0 Å². The van der Waals surface area contributed by atoms with Gasteiger partial charge in [-0.3, -0.25) is 14.3 Å². The number of rotatable bonds is 11. The Morgan fingerprint density at radius 3 is 2.32 bits per heavy atom. The Morgan fingerprint density at radius 2 is 1.68 bits per heavy atom. The Kier molecular flexibility index (Phi) is 7.90. The van der Waals surface area contributed by atoms with Gasteiger partial charge < -0.3 is 18.6 Å². The first-order valence-electron chi connectivity index (χ1n) is 12.9. The van der Waals surface area contributed by atoms with E-state index in [0.29, 0.717) is 39.9 Å². The molecule has 4 heterocycles. The van der Waals surface area contributed by atoms with Crippen molar-refractivity contribution in [3.8, 4) is 28.6 Å². The molecule has 0 aliphatic carbocycles. The van der Waals surface area contributed by atoms with Crippen molar-refractivity contribution in [3.63, 3.8) is 0 Å². The fourth-order valence-corrected chi connectivity index (χ4v) is 5.59. The molecule has 214 valence electrons. The summed E-state index contributed by atoms with van der Waals surface area (Å²) in [6.07, 6.45) is 5.73. The summed E-state index contributed by atoms with van der Waals surface area (Å²) in [6, 6.07) is 14.4. The fraction of sp³-hybridized carbons (Fsp3) is 0.286. The SMILES string of the molecule is COc1cccc(OC)c1-n1c(NS(=O)(=O)[C@H](C)[C@H](OC(C)C)c2cn3ccccc3n2)nnc1-c1cccnc1. The number of nitrogens with one attached hydrogen (secondary N) is 1. The molecule has 13 heteroatoms. The van der Waals surface area contributed by atoms with E-state index in [1.165, 1.54) is 14.2 Å². The highest BCUT2D eigenvalue weighted by Crippen LogP contribution is 2.38. The number of fused-ring (bicyclic) bond motifs is 1. The molecule has 0 aliphatic rings. The molecule has 0 saturated carbocycles. The van der Waals surface area contributed by atoms with Crippen molar-refractivity contribution < 1.29 is 22.6 Å². The van der Waals surface area contributed by atoms with E-state index in [-0.39, 0.29) is 12.1 Å². The number of sulfonamides is 1. The van der Waals surface area contributed by atoms with Crippen LogP contribution in [0.5, 0.6) is 11.5 Å². The number of imidazole rings is 1. The first-order valence-corrected chi connectivity index (χ1v) is 14.5. The van der Waals surface area contributed by atoms with E-state index in [9.17, 15) is 8.42 Å². The standard InChI is InChI=1S/C28H31N7O5S/c1-18(2)40-26(21-17-34-15-7-6-13-24(34)30-21)19(3)41(36,37)33-28-32-31-27(20-10-9-14-29-16-20)35(28)25-22(38-4)11-8-12-23(25)39-5/h6-19,26H,1-5H3,(H,32,33)/t19-,26+/m1/s1. The van der Waals surface area contributed by atoms with Crippen LogP contribution in [0.25, 0.3) is 22.7 Å². The van der Waals surface area contributed by atoms with Crippen LogP contribution < -0.4 is 14.2 Å². The molecular formula is C28H31N7O5S. The maximum atomic E-state index is 14.0. The van der Waals surface area contributed by atoms with Crippen LogP contribution in [0.4, 0.5) is 5.95 Å². The van der Waals surface area contributed by atoms with E-state index in [1.54, 1.807) is 60.4 Å². The molecule has 1 N–H and O–H groups in total. The lowest BCUT2D eigenvalue weighted by molar-refractivity contribution is 0.00444. The third kappa shape index (κ3) is 5.58. The predicted molar refractivity (Wildman–Crippen MR) is 154 cm³/mol. The second kappa shape index (κ2) is 11.6. The molecule has 0 saturated heterocycles. The Bertz CT molecular complexity index is 1700. The molecule has 0 aliphatic heterocycles. The molecule has 1 aromatic carbocycles. The molecule has 0 fully saturated rings. The number of nitrogens with zero attached hydrogens (tertiary/aromatic N) is 6. The first-order chi connectivity index (χ1) is 19.7. The van der Waals surface area contributed by atoms with E-state index < -0.39 is 21.4 Å². The zero-order valence-corrected chi connectivity index (χ0v) is 24.1. The third-order valence-corrected chi connectivity index (χ3v) is 8.14. The summed E-state index contributed by atoms with van der Waals surface area (Å²) in [6.45, 7) is 5.27. The van der Waals surface area contributed by atoms with Gasteiger partial charge in [-0.25, -0.2) is 13.4 Å². The van der Waals surface area contributed by atoms with E-state index >= 15 is 0 Å². The van der Waals surface area contributed by atoms with Gasteiger partial charge in [-0.15, -0.1) is 10.2 Å². The Morgan fingerprint density at radius 1 is 0.927 bits per heavy atom. The van der Waals surface area contributed by atoms with E-state index in [1.807, 2.05) is 42.6 Å². The smallest absolute Gasteiger partial charge is 0.243 e. The first kappa shape index (κ1) is 28.1. The topological polar surface area (TPSA) is 135 Å². The monoisotopic (exact) mass is 577 g/mol. The molecule has 0 unspecified atom stereocenters. The van der Waals surface area contributed by atoms with Crippen molar-refractivity contribution in [2.24, 2.45) is 0 Å². The van der Waals surface area contributed by atoms with Crippen molar-refractivity contribution in [2.45, 2.75) is 38.2 Å². The highest BCUT2D eigenvalue weighted by atomic mass is 32.2. The van der Waals surface area contributed by atoms with Gasteiger partial charge in [0, 0.05) is 30.4 Å². The van der Waals surface area contributed by atoms with Crippen LogP contribution in [0, 0.1) is 0 Å². The van der Waals surface area contributed by atoms with Crippen LogP contribution >= 0.6 is 0 Å². The number of ether oxygens (including phenoxy) is 3. The minimum absolute atomic E-state index is 0.0585. The van der Waals surface area contributed by atoms with Crippen LogP contribution in [0.2, 0.25) is 0 Å². The maximum Gasteiger partial charge on any atom is 0.243 e.